The molecule has 4 nitrogen and oxygen atoms in total. The summed E-state index contributed by atoms with van der Waals surface area (Å²) in [4.78, 5) is 14.2. The average Bonchev–Trinajstić information content (AvgIpc) is 2.61. The maximum Gasteiger partial charge on any atom is 0.260 e. The molecule has 0 spiro atoms. The van der Waals surface area contributed by atoms with Crippen LogP contribution in [-0.2, 0) is 9.53 Å². The van der Waals surface area contributed by atoms with E-state index in [0.717, 1.165) is 21.7 Å². The highest BCUT2D eigenvalue weighted by molar-refractivity contribution is 9.10. The molecule has 0 N–H and O–H groups in total. The van der Waals surface area contributed by atoms with Gasteiger partial charge in [-0.2, -0.15) is 0 Å². The molecular weight excluding hydrogens is 358 g/mol. The molecule has 2 aromatic carbocycles. The molecule has 0 bridgehead atoms. The second kappa shape index (κ2) is 7.32. The molecule has 0 radical (unpaired) electrons. The maximum absolute atomic E-state index is 12.3. The third-order valence-electron chi connectivity index (χ3n) is 4.13. The van der Waals surface area contributed by atoms with Crippen LogP contribution in [0.2, 0.25) is 0 Å². The van der Waals surface area contributed by atoms with E-state index in [4.69, 9.17) is 9.47 Å². The van der Waals surface area contributed by atoms with Crippen LogP contribution in [0.5, 0.6) is 5.75 Å². The second-order valence-corrected chi connectivity index (χ2v) is 6.42. The van der Waals surface area contributed by atoms with E-state index in [1.165, 1.54) is 0 Å². The summed E-state index contributed by atoms with van der Waals surface area (Å²) in [6.45, 7) is 4.01. The second-order valence-electron chi connectivity index (χ2n) is 5.63. The van der Waals surface area contributed by atoms with Gasteiger partial charge in [0.05, 0.1) is 17.2 Å². The Morgan fingerprint density at radius 3 is 3.00 bits per heavy atom. The van der Waals surface area contributed by atoms with Gasteiger partial charge in [-0.25, -0.2) is 0 Å². The smallest absolute Gasteiger partial charge is 0.260 e. The number of benzene rings is 2. The highest BCUT2D eigenvalue weighted by Gasteiger charge is 2.23. The topological polar surface area (TPSA) is 38.8 Å². The van der Waals surface area contributed by atoms with Gasteiger partial charge in [0.15, 0.2) is 6.61 Å². The van der Waals surface area contributed by atoms with Gasteiger partial charge in [0.25, 0.3) is 5.91 Å². The van der Waals surface area contributed by atoms with Crippen LogP contribution in [0.1, 0.15) is 13.3 Å². The highest BCUT2D eigenvalue weighted by Crippen LogP contribution is 2.33. The van der Waals surface area contributed by atoms with Crippen LogP contribution in [-0.4, -0.2) is 43.2 Å². The largest absolute Gasteiger partial charge is 0.483 e. The molecule has 1 aliphatic heterocycles. The molecule has 1 fully saturated rings. The molecule has 1 atom stereocenters. The molecule has 3 rings (SSSR count). The molecule has 1 saturated heterocycles. The number of halogens is 1. The molecule has 0 saturated carbocycles. The number of amides is 1. The lowest BCUT2D eigenvalue weighted by molar-refractivity contribution is -0.141. The summed E-state index contributed by atoms with van der Waals surface area (Å²) in [5, 5.41) is 2.21. The zero-order chi connectivity index (χ0) is 16.2. The Morgan fingerprint density at radius 2 is 2.17 bits per heavy atom. The van der Waals surface area contributed by atoms with Gasteiger partial charge in [0.1, 0.15) is 5.75 Å². The van der Waals surface area contributed by atoms with Crippen LogP contribution in [0.4, 0.5) is 0 Å². The lowest BCUT2D eigenvalue weighted by Crippen LogP contribution is -2.47. The zero-order valence-corrected chi connectivity index (χ0v) is 14.7. The zero-order valence-electron chi connectivity index (χ0n) is 13.1. The molecule has 5 heteroatoms. The number of rotatable bonds is 4. The minimum absolute atomic E-state index is 0.00630. The Bertz CT molecular complexity index is 704. The Balaban J connectivity index is 1.66. The van der Waals surface area contributed by atoms with E-state index in [1.807, 2.05) is 41.3 Å². The Labute approximate surface area is 144 Å². The molecule has 23 heavy (non-hydrogen) atoms. The molecule has 2 aromatic rings. The SMILES string of the molecule is CCC1CN(C(=O)COc2ccc3ccccc3c2Br)CCO1. The van der Waals surface area contributed by atoms with Crippen molar-refractivity contribution in [2.24, 2.45) is 0 Å². The molecule has 1 amide bonds. The molecule has 1 unspecified atom stereocenters. The minimum atomic E-state index is 0.00630. The van der Waals surface area contributed by atoms with E-state index < -0.39 is 0 Å². The quantitative estimate of drug-likeness (QED) is 0.816. The summed E-state index contributed by atoms with van der Waals surface area (Å²) in [5.41, 5.74) is 0. The van der Waals surface area contributed by atoms with Crippen molar-refractivity contribution in [1.29, 1.82) is 0 Å². The minimum Gasteiger partial charge on any atom is -0.483 e. The Hall–Kier alpha value is -1.59. The van der Waals surface area contributed by atoms with Crippen molar-refractivity contribution >= 4 is 32.6 Å². The third-order valence-corrected chi connectivity index (χ3v) is 4.94. The molecule has 0 aromatic heterocycles. The average molecular weight is 378 g/mol. The summed E-state index contributed by atoms with van der Waals surface area (Å²) in [5.74, 6) is 0.698. The molecule has 1 heterocycles. The number of hydrogen-bond acceptors (Lipinski definition) is 3. The van der Waals surface area contributed by atoms with Gasteiger partial charge in [-0.05, 0) is 39.2 Å². The highest BCUT2D eigenvalue weighted by atomic mass is 79.9. The van der Waals surface area contributed by atoms with Crippen molar-refractivity contribution in [1.82, 2.24) is 4.90 Å². The van der Waals surface area contributed by atoms with Crippen LogP contribution < -0.4 is 4.74 Å². The Morgan fingerprint density at radius 1 is 1.35 bits per heavy atom. The molecule has 0 aliphatic carbocycles. The van der Waals surface area contributed by atoms with Crippen molar-refractivity contribution in [3.63, 3.8) is 0 Å². The van der Waals surface area contributed by atoms with Crippen LogP contribution in [0, 0.1) is 0 Å². The van der Waals surface area contributed by atoms with E-state index in [2.05, 4.69) is 22.9 Å². The monoisotopic (exact) mass is 377 g/mol. The third kappa shape index (κ3) is 3.67. The number of fused-ring (bicyclic) bond motifs is 1. The number of morpholine rings is 1. The van der Waals surface area contributed by atoms with Gasteiger partial charge in [-0.1, -0.05) is 37.3 Å². The van der Waals surface area contributed by atoms with Gasteiger partial charge in [-0.15, -0.1) is 0 Å². The Kier molecular flexibility index (Phi) is 5.18. The predicted molar refractivity (Wildman–Crippen MR) is 93.8 cm³/mol. The number of nitrogens with zero attached hydrogens (tertiary/aromatic N) is 1. The standard InChI is InChI=1S/C18H20BrNO3/c1-2-14-11-20(9-10-22-14)17(21)12-23-16-8-7-13-5-3-4-6-15(13)18(16)19/h3-8,14H,2,9-12H2,1H3. The van der Waals surface area contributed by atoms with Gasteiger partial charge in [0.2, 0.25) is 0 Å². The summed E-state index contributed by atoms with van der Waals surface area (Å²) in [7, 11) is 0. The lowest BCUT2D eigenvalue weighted by atomic mass is 10.1. The fourth-order valence-corrected chi connectivity index (χ4v) is 3.36. The summed E-state index contributed by atoms with van der Waals surface area (Å²) < 4.78 is 12.2. The summed E-state index contributed by atoms with van der Waals surface area (Å²) in [6.07, 6.45) is 1.06. The number of hydrogen-bond donors (Lipinski definition) is 0. The summed E-state index contributed by atoms with van der Waals surface area (Å²) >= 11 is 3.58. The summed E-state index contributed by atoms with van der Waals surface area (Å²) in [6, 6.07) is 12.0. The number of carbonyl (C=O) groups excluding carboxylic acids is 1. The van der Waals surface area contributed by atoms with E-state index in [0.29, 0.717) is 25.4 Å². The van der Waals surface area contributed by atoms with E-state index >= 15 is 0 Å². The van der Waals surface area contributed by atoms with Gasteiger partial charge in [-0.3, -0.25) is 4.79 Å². The lowest BCUT2D eigenvalue weighted by Gasteiger charge is -2.32. The van der Waals surface area contributed by atoms with E-state index in [1.54, 1.807) is 0 Å². The van der Waals surface area contributed by atoms with E-state index in [-0.39, 0.29) is 18.6 Å². The van der Waals surface area contributed by atoms with Gasteiger partial charge in [0, 0.05) is 13.1 Å². The van der Waals surface area contributed by atoms with E-state index in [9.17, 15) is 4.79 Å². The van der Waals surface area contributed by atoms with Crippen LogP contribution in [0.25, 0.3) is 10.8 Å². The van der Waals surface area contributed by atoms with Crippen molar-refractivity contribution in [2.75, 3.05) is 26.3 Å². The molecular formula is C18H20BrNO3. The normalized spacial score (nSPS) is 18.2. The predicted octanol–water partition coefficient (Wildman–Crippen LogP) is 3.62. The fraction of sp³-hybridized carbons (Fsp3) is 0.389. The number of carbonyl (C=O) groups is 1. The first-order valence-electron chi connectivity index (χ1n) is 7.88. The first-order valence-corrected chi connectivity index (χ1v) is 8.67. The van der Waals surface area contributed by atoms with Crippen molar-refractivity contribution in [3.8, 4) is 5.75 Å². The van der Waals surface area contributed by atoms with Crippen molar-refractivity contribution in [3.05, 3.63) is 40.9 Å². The maximum atomic E-state index is 12.3. The first kappa shape index (κ1) is 16.3. The number of ether oxygens (including phenoxy) is 2. The molecule has 1 aliphatic rings. The van der Waals surface area contributed by atoms with Crippen LogP contribution in [0.3, 0.4) is 0 Å². The first-order chi connectivity index (χ1) is 11.2. The van der Waals surface area contributed by atoms with Crippen molar-refractivity contribution in [2.45, 2.75) is 19.4 Å². The molecule has 122 valence electrons. The van der Waals surface area contributed by atoms with Gasteiger partial charge < -0.3 is 14.4 Å². The van der Waals surface area contributed by atoms with Crippen molar-refractivity contribution < 1.29 is 14.3 Å². The van der Waals surface area contributed by atoms with Crippen LogP contribution in [0.15, 0.2) is 40.9 Å². The van der Waals surface area contributed by atoms with Gasteiger partial charge >= 0.3 is 0 Å². The van der Waals surface area contributed by atoms with Crippen LogP contribution >= 0.6 is 15.9 Å². The fourth-order valence-electron chi connectivity index (χ4n) is 2.75.